The summed E-state index contributed by atoms with van der Waals surface area (Å²) in [6, 6.07) is -0.527. The Morgan fingerprint density at radius 1 is 1.50 bits per heavy atom. The van der Waals surface area contributed by atoms with E-state index in [9.17, 15) is 14.4 Å². The molecule has 0 radical (unpaired) electrons. The average Bonchev–Trinajstić information content (AvgIpc) is 2.94. The number of hydrogen-bond donors (Lipinski definition) is 3. The number of amides is 4. The summed E-state index contributed by atoms with van der Waals surface area (Å²) in [5.41, 5.74) is 0. The SMILES string of the molecule is O=C(CN1C(=O)CNC1=O)NCCc1ncc[nH]1. The number of urea groups is 1. The van der Waals surface area contributed by atoms with Crippen molar-refractivity contribution in [3.05, 3.63) is 18.2 Å². The quantitative estimate of drug-likeness (QED) is 0.560. The molecule has 0 atom stereocenters. The summed E-state index contributed by atoms with van der Waals surface area (Å²) in [7, 11) is 0. The lowest BCUT2D eigenvalue weighted by Gasteiger charge is -2.11. The number of H-pyrrole nitrogens is 1. The number of carbonyl (C=O) groups is 3. The van der Waals surface area contributed by atoms with Gasteiger partial charge in [0.05, 0.1) is 6.54 Å². The van der Waals surface area contributed by atoms with Crippen LogP contribution in [0.5, 0.6) is 0 Å². The monoisotopic (exact) mass is 251 g/mol. The first-order valence-electron chi connectivity index (χ1n) is 5.50. The first kappa shape index (κ1) is 12.1. The fourth-order valence-electron chi connectivity index (χ4n) is 1.57. The van der Waals surface area contributed by atoms with Gasteiger partial charge in [0, 0.05) is 25.4 Å². The van der Waals surface area contributed by atoms with Gasteiger partial charge in [-0.2, -0.15) is 0 Å². The number of hydrogen-bond acceptors (Lipinski definition) is 4. The highest BCUT2D eigenvalue weighted by atomic mass is 16.2. The lowest BCUT2D eigenvalue weighted by atomic mass is 10.4. The predicted molar refractivity (Wildman–Crippen MR) is 60.4 cm³/mol. The molecular weight excluding hydrogens is 238 g/mol. The van der Waals surface area contributed by atoms with Gasteiger partial charge in [-0.15, -0.1) is 0 Å². The van der Waals surface area contributed by atoms with Crippen LogP contribution in [0.15, 0.2) is 12.4 Å². The van der Waals surface area contributed by atoms with Crippen molar-refractivity contribution in [2.24, 2.45) is 0 Å². The summed E-state index contributed by atoms with van der Waals surface area (Å²) in [6.07, 6.45) is 3.90. The van der Waals surface area contributed by atoms with E-state index in [1.807, 2.05) is 0 Å². The largest absolute Gasteiger partial charge is 0.354 e. The molecule has 1 aliphatic heterocycles. The van der Waals surface area contributed by atoms with Crippen molar-refractivity contribution in [2.75, 3.05) is 19.6 Å². The minimum absolute atomic E-state index is 0.0431. The van der Waals surface area contributed by atoms with Crippen molar-refractivity contribution in [3.8, 4) is 0 Å². The fourth-order valence-corrected chi connectivity index (χ4v) is 1.57. The summed E-state index contributed by atoms with van der Waals surface area (Å²) in [6.45, 7) is 0.108. The Kier molecular flexibility index (Phi) is 3.56. The van der Waals surface area contributed by atoms with Crippen molar-refractivity contribution in [1.29, 1.82) is 0 Å². The Balaban J connectivity index is 1.72. The van der Waals surface area contributed by atoms with Gasteiger partial charge in [-0.1, -0.05) is 0 Å². The molecule has 0 spiro atoms. The normalized spacial score (nSPS) is 14.8. The third kappa shape index (κ3) is 2.84. The van der Waals surface area contributed by atoms with Crippen LogP contribution >= 0.6 is 0 Å². The number of rotatable bonds is 5. The van der Waals surface area contributed by atoms with E-state index in [1.54, 1.807) is 12.4 Å². The van der Waals surface area contributed by atoms with E-state index in [2.05, 4.69) is 20.6 Å². The molecule has 18 heavy (non-hydrogen) atoms. The van der Waals surface area contributed by atoms with Gasteiger partial charge in [0.2, 0.25) is 5.91 Å². The van der Waals surface area contributed by atoms with Crippen LogP contribution in [0.3, 0.4) is 0 Å². The lowest BCUT2D eigenvalue weighted by Crippen LogP contribution is -2.41. The van der Waals surface area contributed by atoms with Crippen molar-refractivity contribution >= 4 is 17.8 Å². The zero-order valence-electron chi connectivity index (χ0n) is 9.60. The molecule has 1 saturated heterocycles. The van der Waals surface area contributed by atoms with Crippen LogP contribution in [0.1, 0.15) is 5.82 Å². The molecule has 8 heteroatoms. The molecule has 0 unspecified atom stereocenters. The van der Waals surface area contributed by atoms with Gasteiger partial charge in [-0.25, -0.2) is 9.78 Å². The van der Waals surface area contributed by atoms with E-state index < -0.39 is 6.03 Å². The molecule has 2 heterocycles. The third-order valence-corrected chi connectivity index (χ3v) is 2.48. The smallest absolute Gasteiger partial charge is 0.325 e. The van der Waals surface area contributed by atoms with Gasteiger partial charge in [0.15, 0.2) is 0 Å². The maximum atomic E-state index is 11.5. The van der Waals surface area contributed by atoms with Crippen LogP contribution in [0.25, 0.3) is 0 Å². The Labute approximate surface area is 103 Å². The first-order valence-corrected chi connectivity index (χ1v) is 5.50. The van der Waals surface area contributed by atoms with Gasteiger partial charge in [0.1, 0.15) is 12.4 Å². The van der Waals surface area contributed by atoms with Gasteiger partial charge >= 0.3 is 6.03 Å². The summed E-state index contributed by atoms with van der Waals surface area (Å²) in [4.78, 5) is 41.7. The topological polar surface area (TPSA) is 107 Å². The molecule has 0 bridgehead atoms. The van der Waals surface area contributed by atoms with Gasteiger partial charge in [0.25, 0.3) is 5.91 Å². The number of carbonyl (C=O) groups excluding carboxylic acids is 3. The first-order chi connectivity index (χ1) is 8.66. The highest BCUT2D eigenvalue weighted by molar-refractivity contribution is 6.04. The standard InChI is InChI=1S/C10H13N5O3/c16-8(6-15-9(17)5-14-10(15)18)13-2-1-7-11-3-4-12-7/h3-4H,1-2,5-6H2,(H,11,12)(H,13,16)(H,14,18). The molecule has 2 rings (SSSR count). The highest BCUT2D eigenvalue weighted by Gasteiger charge is 2.29. The molecule has 1 aromatic rings. The molecule has 4 amide bonds. The molecule has 96 valence electrons. The van der Waals surface area contributed by atoms with Gasteiger partial charge in [-0.3, -0.25) is 14.5 Å². The Morgan fingerprint density at radius 3 is 2.94 bits per heavy atom. The van der Waals surface area contributed by atoms with Crippen LogP contribution in [-0.4, -0.2) is 52.3 Å². The number of imidazole rings is 1. The molecule has 1 aromatic heterocycles. The summed E-state index contributed by atoms with van der Waals surface area (Å²) >= 11 is 0. The summed E-state index contributed by atoms with van der Waals surface area (Å²) < 4.78 is 0. The predicted octanol–water partition coefficient (Wildman–Crippen LogP) is -1.38. The van der Waals surface area contributed by atoms with Crippen molar-refractivity contribution in [2.45, 2.75) is 6.42 Å². The third-order valence-electron chi connectivity index (χ3n) is 2.48. The van der Waals surface area contributed by atoms with Crippen LogP contribution in [0, 0.1) is 0 Å². The van der Waals surface area contributed by atoms with Gasteiger partial charge < -0.3 is 15.6 Å². The maximum absolute atomic E-state index is 11.5. The Morgan fingerprint density at radius 2 is 2.33 bits per heavy atom. The van der Waals surface area contributed by atoms with E-state index >= 15 is 0 Å². The highest BCUT2D eigenvalue weighted by Crippen LogP contribution is 1.97. The van der Waals surface area contributed by atoms with E-state index in [0.717, 1.165) is 10.7 Å². The van der Waals surface area contributed by atoms with Gasteiger partial charge in [-0.05, 0) is 0 Å². The molecular formula is C10H13N5O3. The second-order valence-corrected chi connectivity index (χ2v) is 3.77. The number of imide groups is 1. The molecule has 8 nitrogen and oxygen atoms in total. The maximum Gasteiger partial charge on any atom is 0.325 e. The van der Waals surface area contributed by atoms with Crippen LogP contribution in [0.2, 0.25) is 0 Å². The number of nitrogens with zero attached hydrogens (tertiary/aromatic N) is 2. The summed E-state index contributed by atoms with van der Waals surface area (Å²) in [5.74, 6) is 0.0124. The summed E-state index contributed by atoms with van der Waals surface area (Å²) in [5, 5.41) is 4.96. The molecule has 3 N–H and O–H groups in total. The zero-order chi connectivity index (χ0) is 13.0. The lowest BCUT2D eigenvalue weighted by molar-refractivity contribution is -0.130. The molecule has 0 aliphatic carbocycles. The van der Waals surface area contributed by atoms with E-state index in [0.29, 0.717) is 13.0 Å². The number of nitrogens with one attached hydrogen (secondary N) is 3. The zero-order valence-corrected chi connectivity index (χ0v) is 9.60. The van der Waals surface area contributed by atoms with Crippen molar-refractivity contribution < 1.29 is 14.4 Å². The van der Waals surface area contributed by atoms with Crippen molar-refractivity contribution in [1.82, 2.24) is 25.5 Å². The van der Waals surface area contributed by atoms with Crippen molar-refractivity contribution in [3.63, 3.8) is 0 Å². The average molecular weight is 251 g/mol. The van der Waals surface area contributed by atoms with Crippen LogP contribution < -0.4 is 10.6 Å². The number of aromatic amines is 1. The molecule has 0 aromatic carbocycles. The van der Waals surface area contributed by atoms with Crippen LogP contribution in [-0.2, 0) is 16.0 Å². The Hall–Kier alpha value is -2.38. The Bertz CT molecular complexity index is 440. The molecule has 1 aliphatic rings. The van der Waals surface area contributed by atoms with Crippen LogP contribution in [0.4, 0.5) is 4.79 Å². The number of aromatic nitrogens is 2. The molecule has 0 saturated carbocycles. The molecule has 1 fully saturated rings. The minimum atomic E-state index is -0.527. The second kappa shape index (κ2) is 5.30. The fraction of sp³-hybridized carbons (Fsp3) is 0.400. The van der Waals surface area contributed by atoms with E-state index in [4.69, 9.17) is 0 Å². The minimum Gasteiger partial charge on any atom is -0.354 e. The van der Waals surface area contributed by atoms with E-state index in [1.165, 1.54) is 0 Å². The van der Waals surface area contributed by atoms with E-state index in [-0.39, 0.29) is 24.9 Å². The second-order valence-electron chi connectivity index (χ2n) is 3.77.